The zero-order chi connectivity index (χ0) is 14.7. The molecule has 6 heteroatoms. The van der Waals surface area contributed by atoms with Crippen LogP contribution in [0.5, 0.6) is 0 Å². The van der Waals surface area contributed by atoms with Gasteiger partial charge in [0.2, 0.25) is 0 Å². The van der Waals surface area contributed by atoms with Crippen LogP contribution < -0.4 is 4.90 Å². The number of piperidine rings is 1. The maximum atomic E-state index is 11.8. The number of hydrogen-bond donors (Lipinski definition) is 0. The molecular formula is C14H17N3O3. The first-order valence-corrected chi connectivity index (χ1v) is 6.37. The van der Waals surface area contributed by atoms with Crippen molar-refractivity contribution in [3.63, 3.8) is 0 Å². The molecule has 0 aromatic heterocycles. The summed E-state index contributed by atoms with van der Waals surface area (Å²) in [5, 5.41) is 10.6. The van der Waals surface area contributed by atoms with E-state index in [1.807, 2.05) is 25.2 Å². The summed E-state index contributed by atoms with van der Waals surface area (Å²) in [5.74, 6) is 0.164. The summed E-state index contributed by atoms with van der Waals surface area (Å²) in [6.07, 6.45) is 2.30. The molecule has 1 heterocycles. The molecule has 0 radical (unpaired) electrons. The first-order chi connectivity index (χ1) is 9.47. The smallest absolute Gasteiger partial charge is 0.269 e. The first kappa shape index (κ1) is 14.0. The molecule has 0 atom stereocenters. The van der Waals surface area contributed by atoms with E-state index in [4.69, 9.17) is 0 Å². The van der Waals surface area contributed by atoms with Gasteiger partial charge in [-0.2, -0.15) is 0 Å². The summed E-state index contributed by atoms with van der Waals surface area (Å²) < 4.78 is 0. The number of hydrogen-bond acceptors (Lipinski definition) is 5. The molecule has 0 N–H and O–H groups in total. The topological polar surface area (TPSA) is 66.7 Å². The van der Waals surface area contributed by atoms with Gasteiger partial charge in [0.1, 0.15) is 0 Å². The molecule has 6 nitrogen and oxygen atoms in total. The highest BCUT2D eigenvalue weighted by atomic mass is 16.6. The number of nitro groups is 1. The van der Waals surface area contributed by atoms with Gasteiger partial charge in [-0.3, -0.25) is 14.9 Å². The van der Waals surface area contributed by atoms with Gasteiger partial charge in [0.15, 0.2) is 5.78 Å². The predicted molar refractivity (Wildman–Crippen MR) is 76.7 cm³/mol. The molecule has 1 fully saturated rings. The molecule has 106 valence electrons. The van der Waals surface area contributed by atoms with Crippen LogP contribution in [0.2, 0.25) is 0 Å². The Morgan fingerprint density at radius 2 is 1.95 bits per heavy atom. The van der Waals surface area contributed by atoms with E-state index in [0.717, 1.165) is 11.3 Å². The lowest BCUT2D eigenvalue weighted by Crippen LogP contribution is -2.36. The second kappa shape index (κ2) is 5.73. The minimum atomic E-state index is -0.416. The summed E-state index contributed by atoms with van der Waals surface area (Å²) >= 11 is 0. The molecule has 1 aromatic rings. The van der Waals surface area contributed by atoms with Crippen LogP contribution in [0.4, 0.5) is 11.4 Å². The quantitative estimate of drug-likeness (QED) is 0.478. The molecule has 2 rings (SSSR count). The lowest BCUT2D eigenvalue weighted by Gasteiger charge is -2.30. The second-order valence-electron chi connectivity index (χ2n) is 4.99. The number of non-ortho nitro benzene ring substituents is 1. The average molecular weight is 275 g/mol. The number of rotatable bonds is 3. The summed E-state index contributed by atoms with van der Waals surface area (Å²) in [7, 11) is 3.76. The van der Waals surface area contributed by atoms with E-state index in [0.29, 0.717) is 19.5 Å². The van der Waals surface area contributed by atoms with Gasteiger partial charge >= 0.3 is 0 Å². The lowest BCUT2D eigenvalue weighted by molar-refractivity contribution is -0.384. The zero-order valence-electron chi connectivity index (χ0n) is 11.6. The van der Waals surface area contributed by atoms with Crippen LogP contribution in [0.3, 0.4) is 0 Å². The molecule has 20 heavy (non-hydrogen) atoms. The summed E-state index contributed by atoms with van der Waals surface area (Å²) in [4.78, 5) is 26.0. The van der Waals surface area contributed by atoms with Crippen LogP contribution in [0, 0.1) is 10.1 Å². The van der Waals surface area contributed by atoms with Crippen LogP contribution in [0.1, 0.15) is 6.42 Å². The SMILES string of the molecule is CN(C)C=C1CN(c2ccc([N+](=O)[O-])cc2)CCC1=O. The normalized spacial score (nSPS) is 17.4. The number of nitro benzene ring substituents is 1. The molecule has 1 aliphatic rings. The Balaban J connectivity index is 2.17. The van der Waals surface area contributed by atoms with E-state index in [-0.39, 0.29) is 11.5 Å². The molecule has 1 aromatic carbocycles. The molecular weight excluding hydrogens is 258 g/mol. The van der Waals surface area contributed by atoms with Gasteiger partial charge in [0, 0.05) is 63.2 Å². The lowest BCUT2D eigenvalue weighted by atomic mass is 10.0. The van der Waals surface area contributed by atoms with Crippen LogP contribution in [-0.2, 0) is 4.79 Å². The monoisotopic (exact) mass is 275 g/mol. The third kappa shape index (κ3) is 3.14. The Morgan fingerprint density at radius 1 is 1.30 bits per heavy atom. The summed E-state index contributed by atoms with van der Waals surface area (Å²) in [6.45, 7) is 1.18. The number of carbonyl (C=O) groups excluding carboxylic acids is 1. The molecule has 0 amide bonds. The van der Waals surface area contributed by atoms with Crippen molar-refractivity contribution in [3.8, 4) is 0 Å². The Hall–Kier alpha value is -2.37. The highest BCUT2D eigenvalue weighted by Crippen LogP contribution is 2.23. The van der Waals surface area contributed by atoms with E-state index < -0.39 is 4.92 Å². The van der Waals surface area contributed by atoms with E-state index in [9.17, 15) is 14.9 Å². The van der Waals surface area contributed by atoms with Crippen molar-refractivity contribution in [1.29, 1.82) is 0 Å². The number of benzene rings is 1. The predicted octanol–water partition coefficient (Wildman–Crippen LogP) is 1.82. The minimum Gasteiger partial charge on any atom is -0.383 e. The first-order valence-electron chi connectivity index (χ1n) is 6.37. The Bertz CT molecular complexity index is 549. The second-order valence-corrected chi connectivity index (χ2v) is 4.99. The molecule has 0 saturated carbocycles. The molecule has 0 spiro atoms. The van der Waals surface area contributed by atoms with Crippen LogP contribution >= 0.6 is 0 Å². The molecule has 1 aliphatic heterocycles. The molecule has 1 saturated heterocycles. The van der Waals surface area contributed by atoms with E-state index >= 15 is 0 Å². The number of carbonyl (C=O) groups is 1. The van der Waals surface area contributed by atoms with Gasteiger partial charge in [-0.15, -0.1) is 0 Å². The van der Waals surface area contributed by atoms with Crippen LogP contribution in [-0.4, -0.2) is 42.8 Å². The van der Waals surface area contributed by atoms with Gasteiger partial charge in [-0.1, -0.05) is 0 Å². The minimum absolute atomic E-state index is 0.0749. The number of ketones is 1. The van der Waals surface area contributed by atoms with Gasteiger partial charge in [-0.05, 0) is 12.1 Å². The highest BCUT2D eigenvalue weighted by Gasteiger charge is 2.22. The van der Waals surface area contributed by atoms with Crippen molar-refractivity contribution in [1.82, 2.24) is 4.90 Å². The van der Waals surface area contributed by atoms with Crippen molar-refractivity contribution < 1.29 is 9.72 Å². The zero-order valence-corrected chi connectivity index (χ0v) is 11.6. The van der Waals surface area contributed by atoms with Crippen LogP contribution in [0.15, 0.2) is 36.0 Å². The number of anilines is 1. The van der Waals surface area contributed by atoms with Crippen molar-refractivity contribution in [2.24, 2.45) is 0 Å². The van der Waals surface area contributed by atoms with Crippen LogP contribution in [0.25, 0.3) is 0 Å². The van der Waals surface area contributed by atoms with E-state index in [1.54, 1.807) is 12.1 Å². The summed E-state index contributed by atoms with van der Waals surface area (Å²) in [6, 6.07) is 6.42. The maximum Gasteiger partial charge on any atom is 0.269 e. The summed E-state index contributed by atoms with van der Waals surface area (Å²) in [5.41, 5.74) is 1.73. The standard InChI is InChI=1S/C14H17N3O3/c1-15(2)9-11-10-16(8-7-14(11)18)12-3-5-13(6-4-12)17(19)20/h3-6,9H,7-8,10H2,1-2H3. The van der Waals surface area contributed by atoms with Crippen molar-refractivity contribution in [2.75, 3.05) is 32.1 Å². The highest BCUT2D eigenvalue weighted by molar-refractivity contribution is 5.97. The van der Waals surface area contributed by atoms with Gasteiger partial charge < -0.3 is 9.80 Å². The number of nitrogens with zero attached hydrogens (tertiary/aromatic N) is 3. The molecule has 0 unspecified atom stereocenters. The van der Waals surface area contributed by atoms with E-state index in [1.165, 1.54) is 12.1 Å². The van der Waals surface area contributed by atoms with Gasteiger partial charge in [0.05, 0.1) is 4.92 Å². The fraction of sp³-hybridized carbons (Fsp3) is 0.357. The third-order valence-electron chi connectivity index (χ3n) is 3.17. The molecule has 0 bridgehead atoms. The van der Waals surface area contributed by atoms with Gasteiger partial charge in [0.25, 0.3) is 5.69 Å². The van der Waals surface area contributed by atoms with Crippen molar-refractivity contribution in [3.05, 3.63) is 46.2 Å². The third-order valence-corrected chi connectivity index (χ3v) is 3.17. The number of Topliss-reactive ketones (excluding diaryl/α,β-unsaturated/α-hetero) is 1. The van der Waals surface area contributed by atoms with Gasteiger partial charge in [-0.25, -0.2) is 0 Å². The Kier molecular flexibility index (Phi) is 4.02. The average Bonchev–Trinajstić information content (AvgIpc) is 2.41. The largest absolute Gasteiger partial charge is 0.383 e. The maximum absolute atomic E-state index is 11.8. The fourth-order valence-electron chi connectivity index (χ4n) is 2.20. The van der Waals surface area contributed by atoms with Crippen molar-refractivity contribution >= 4 is 17.2 Å². The Morgan fingerprint density at radius 3 is 2.50 bits per heavy atom. The van der Waals surface area contributed by atoms with Crippen molar-refractivity contribution in [2.45, 2.75) is 6.42 Å². The Labute approximate surface area is 117 Å². The van der Waals surface area contributed by atoms with E-state index in [2.05, 4.69) is 4.90 Å². The fourth-order valence-corrected chi connectivity index (χ4v) is 2.20. The molecule has 0 aliphatic carbocycles.